The first-order valence-electron chi connectivity index (χ1n) is 15.2. The van der Waals surface area contributed by atoms with Gasteiger partial charge in [0, 0.05) is 30.0 Å². The number of aryl methyl sites for hydroxylation is 2. The Morgan fingerprint density at radius 3 is 2.31 bits per heavy atom. The van der Waals surface area contributed by atoms with E-state index in [2.05, 4.69) is 10.6 Å². The quantitative estimate of drug-likeness (QED) is 0.289. The number of carbonyl (C=O) groups excluding carboxylic acids is 2. The Hall–Kier alpha value is -3.87. The van der Waals surface area contributed by atoms with Crippen LogP contribution in [-0.2, 0) is 4.79 Å². The molecule has 0 aromatic heterocycles. The SMILES string of the molecule is Cc1ccc(NC(=O)[C@H]2CCCN(C(=O)c3c(C)cccc3F)[C@H]2c2ccc(NC3CCCC3)cc2)cc1OC(C)C. The molecule has 222 valence electrons. The molecular weight excluding hydrogens is 529 g/mol. The highest BCUT2D eigenvalue weighted by molar-refractivity contribution is 5.98. The Bertz CT molecular complexity index is 1400. The lowest BCUT2D eigenvalue weighted by atomic mass is 9.83. The molecule has 3 aromatic rings. The van der Waals surface area contributed by atoms with Gasteiger partial charge in [0.1, 0.15) is 11.6 Å². The molecule has 5 rings (SSSR count). The number of halogens is 1. The third-order valence-corrected chi connectivity index (χ3v) is 8.46. The molecule has 42 heavy (non-hydrogen) atoms. The van der Waals surface area contributed by atoms with Crippen LogP contribution in [0.25, 0.3) is 0 Å². The van der Waals surface area contributed by atoms with Crippen molar-refractivity contribution in [3.8, 4) is 5.75 Å². The van der Waals surface area contributed by atoms with Gasteiger partial charge in [0.05, 0.1) is 23.6 Å². The highest BCUT2D eigenvalue weighted by Crippen LogP contribution is 2.39. The topological polar surface area (TPSA) is 70.7 Å². The van der Waals surface area contributed by atoms with E-state index in [9.17, 15) is 14.0 Å². The number of anilines is 2. The molecule has 2 atom stereocenters. The minimum atomic E-state index is -0.543. The molecule has 7 heteroatoms. The zero-order valence-corrected chi connectivity index (χ0v) is 25.1. The normalized spacial score (nSPS) is 19.1. The van der Waals surface area contributed by atoms with Crippen molar-refractivity contribution in [1.29, 1.82) is 0 Å². The summed E-state index contributed by atoms with van der Waals surface area (Å²) in [5.41, 5.74) is 4.17. The van der Waals surface area contributed by atoms with Gasteiger partial charge < -0.3 is 20.3 Å². The standard InChI is InChI=1S/C35H42FN3O3/c1-22(2)42-31-21-28(17-14-23(31)3)38-34(40)29-12-8-20-39(35(41)32-24(4)9-7-13-30(32)36)33(29)25-15-18-27(19-16-25)37-26-10-5-6-11-26/h7,9,13-19,21-22,26,29,33,37H,5-6,8,10-12,20H2,1-4H3,(H,38,40)/t29-,33-/m0/s1. The van der Waals surface area contributed by atoms with Gasteiger partial charge in [-0.1, -0.05) is 43.2 Å². The maximum Gasteiger partial charge on any atom is 0.257 e. The molecule has 0 bridgehead atoms. The molecule has 0 unspecified atom stereocenters. The number of hydrogen-bond acceptors (Lipinski definition) is 4. The average molecular weight is 572 g/mol. The van der Waals surface area contributed by atoms with Crippen LogP contribution in [0, 0.1) is 25.6 Å². The maximum atomic E-state index is 15.0. The first kappa shape index (κ1) is 29.6. The number of likely N-dealkylation sites (tertiary alicyclic amines) is 1. The van der Waals surface area contributed by atoms with E-state index in [4.69, 9.17) is 4.74 Å². The van der Waals surface area contributed by atoms with E-state index in [-0.39, 0.29) is 23.5 Å². The molecule has 0 radical (unpaired) electrons. The number of rotatable bonds is 8. The Morgan fingerprint density at radius 1 is 0.905 bits per heavy atom. The second-order valence-electron chi connectivity index (χ2n) is 12.0. The van der Waals surface area contributed by atoms with Crippen molar-refractivity contribution in [3.05, 3.63) is 88.7 Å². The van der Waals surface area contributed by atoms with E-state index in [1.165, 1.54) is 31.7 Å². The Labute approximate surface area is 248 Å². The molecule has 2 N–H and O–H groups in total. The van der Waals surface area contributed by atoms with Crippen LogP contribution in [0.15, 0.2) is 60.7 Å². The van der Waals surface area contributed by atoms with Gasteiger partial charge in [0.25, 0.3) is 5.91 Å². The number of amides is 2. The van der Waals surface area contributed by atoms with Crippen molar-refractivity contribution < 1.29 is 18.7 Å². The average Bonchev–Trinajstić information content (AvgIpc) is 3.47. The Morgan fingerprint density at radius 2 is 1.62 bits per heavy atom. The van der Waals surface area contributed by atoms with E-state index in [0.29, 0.717) is 36.7 Å². The molecule has 1 saturated heterocycles. The summed E-state index contributed by atoms with van der Waals surface area (Å²) >= 11 is 0. The molecule has 3 aromatic carbocycles. The second kappa shape index (κ2) is 13.0. The number of ether oxygens (including phenoxy) is 1. The van der Waals surface area contributed by atoms with Gasteiger partial charge in [-0.3, -0.25) is 9.59 Å². The Balaban J connectivity index is 1.46. The van der Waals surface area contributed by atoms with Crippen LogP contribution in [0.1, 0.15) is 85.5 Å². The maximum absolute atomic E-state index is 15.0. The fourth-order valence-electron chi connectivity index (χ4n) is 6.33. The number of hydrogen-bond donors (Lipinski definition) is 2. The van der Waals surface area contributed by atoms with Crippen molar-refractivity contribution in [1.82, 2.24) is 4.90 Å². The lowest BCUT2D eigenvalue weighted by molar-refractivity contribution is -0.123. The van der Waals surface area contributed by atoms with Crippen molar-refractivity contribution >= 4 is 23.2 Å². The van der Waals surface area contributed by atoms with Crippen LogP contribution in [0.4, 0.5) is 15.8 Å². The van der Waals surface area contributed by atoms with Gasteiger partial charge >= 0.3 is 0 Å². The van der Waals surface area contributed by atoms with E-state index < -0.39 is 17.8 Å². The minimum Gasteiger partial charge on any atom is -0.491 e. The van der Waals surface area contributed by atoms with Crippen LogP contribution in [0.3, 0.4) is 0 Å². The highest BCUT2D eigenvalue weighted by atomic mass is 19.1. The van der Waals surface area contributed by atoms with Crippen molar-refractivity contribution in [3.63, 3.8) is 0 Å². The summed E-state index contributed by atoms with van der Waals surface area (Å²) in [6, 6.07) is 18.3. The summed E-state index contributed by atoms with van der Waals surface area (Å²) in [4.78, 5) is 29.6. The number of piperidine rings is 1. The van der Waals surface area contributed by atoms with E-state index in [1.807, 2.05) is 63.2 Å². The van der Waals surface area contributed by atoms with Gasteiger partial charge in [-0.05, 0) is 94.3 Å². The zero-order chi connectivity index (χ0) is 29.8. The molecule has 1 heterocycles. The van der Waals surface area contributed by atoms with Crippen LogP contribution >= 0.6 is 0 Å². The van der Waals surface area contributed by atoms with Gasteiger partial charge in [0.15, 0.2) is 0 Å². The summed E-state index contributed by atoms with van der Waals surface area (Å²) in [7, 11) is 0. The smallest absolute Gasteiger partial charge is 0.257 e. The molecule has 1 aliphatic heterocycles. The zero-order valence-electron chi connectivity index (χ0n) is 25.1. The third kappa shape index (κ3) is 6.61. The molecule has 1 saturated carbocycles. The van der Waals surface area contributed by atoms with Gasteiger partial charge in [-0.2, -0.15) is 0 Å². The molecule has 2 fully saturated rings. The van der Waals surface area contributed by atoms with Gasteiger partial charge in [0.2, 0.25) is 5.91 Å². The van der Waals surface area contributed by atoms with E-state index in [1.54, 1.807) is 24.0 Å². The molecule has 2 amide bonds. The summed E-state index contributed by atoms with van der Waals surface area (Å²) in [6.45, 7) is 8.10. The van der Waals surface area contributed by atoms with Crippen molar-refractivity contribution in [2.24, 2.45) is 5.92 Å². The monoisotopic (exact) mass is 571 g/mol. The lowest BCUT2D eigenvalue weighted by Crippen LogP contribution is -2.46. The highest BCUT2D eigenvalue weighted by Gasteiger charge is 2.40. The van der Waals surface area contributed by atoms with Crippen LogP contribution in [-0.4, -0.2) is 35.4 Å². The number of nitrogens with zero attached hydrogens (tertiary/aromatic N) is 1. The minimum absolute atomic E-state index is 0.00455. The van der Waals surface area contributed by atoms with Crippen molar-refractivity contribution in [2.75, 3.05) is 17.2 Å². The van der Waals surface area contributed by atoms with Gasteiger partial charge in [-0.15, -0.1) is 0 Å². The molecule has 2 aliphatic rings. The Kier molecular flexibility index (Phi) is 9.15. The van der Waals surface area contributed by atoms with E-state index in [0.717, 1.165) is 22.6 Å². The molecule has 1 aliphatic carbocycles. The number of benzene rings is 3. The fraction of sp³-hybridized carbons (Fsp3) is 0.429. The second-order valence-corrected chi connectivity index (χ2v) is 12.0. The number of nitrogens with one attached hydrogen (secondary N) is 2. The molecule has 6 nitrogen and oxygen atoms in total. The summed E-state index contributed by atoms with van der Waals surface area (Å²) in [5, 5.41) is 6.70. The van der Waals surface area contributed by atoms with Gasteiger partial charge in [-0.25, -0.2) is 4.39 Å². The summed E-state index contributed by atoms with van der Waals surface area (Å²) in [5.74, 6) is -0.891. The molecular formula is C35H42FN3O3. The first-order valence-corrected chi connectivity index (χ1v) is 15.2. The van der Waals surface area contributed by atoms with Crippen LogP contribution < -0.4 is 15.4 Å². The predicted molar refractivity (Wildman–Crippen MR) is 166 cm³/mol. The lowest BCUT2D eigenvalue weighted by Gasteiger charge is -2.41. The number of carbonyl (C=O) groups is 2. The first-order chi connectivity index (χ1) is 20.2. The van der Waals surface area contributed by atoms with Crippen LogP contribution in [0.2, 0.25) is 0 Å². The van der Waals surface area contributed by atoms with E-state index >= 15 is 0 Å². The largest absolute Gasteiger partial charge is 0.491 e. The summed E-state index contributed by atoms with van der Waals surface area (Å²) < 4.78 is 20.9. The summed E-state index contributed by atoms with van der Waals surface area (Å²) in [6.07, 6.45) is 6.08. The third-order valence-electron chi connectivity index (χ3n) is 8.46. The fourth-order valence-corrected chi connectivity index (χ4v) is 6.33. The van der Waals surface area contributed by atoms with Crippen LogP contribution in [0.5, 0.6) is 5.75 Å². The van der Waals surface area contributed by atoms with Crippen molar-refractivity contribution in [2.45, 2.75) is 84.4 Å². The predicted octanol–water partition coefficient (Wildman–Crippen LogP) is 7.82. The molecule has 0 spiro atoms.